The van der Waals surface area contributed by atoms with Crippen LogP contribution in [0.4, 0.5) is 0 Å². The predicted octanol–water partition coefficient (Wildman–Crippen LogP) is 0.690. The average molecular weight is 180 g/mol. The third-order valence-electron chi connectivity index (χ3n) is 3.66. The molecule has 70 valence electrons. The number of cyclic esters (lactones) is 1. The quantitative estimate of drug-likeness (QED) is 0.440. The molecule has 5 atom stereocenters. The Labute approximate surface area is 76.4 Å². The Morgan fingerprint density at radius 2 is 2.23 bits per heavy atom. The van der Waals surface area contributed by atoms with Crippen molar-refractivity contribution in [3.05, 3.63) is 12.2 Å². The van der Waals surface area contributed by atoms with Crippen LogP contribution in [0.1, 0.15) is 13.3 Å². The Kier molecular flexibility index (Phi) is 1.15. The van der Waals surface area contributed by atoms with Gasteiger partial charge in [0, 0.05) is 12.8 Å². The van der Waals surface area contributed by atoms with Crippen LogP contribution in [-0.4, -0.2) is 16.9 Å². The topological polar surface area (TPSA) is 46.5 Å². The smallest absolute Gasteiger partial charge is 0.312 e. The summed E-state index contributed by atoms with van der Waals surface area (Å²) in [6, 6.07) is 0. The zero-order chi connectivity index (χ0) is 9.22. The summed E-state index contributed by atoms with van der Waals surface area (Å²) in [6.45, 7) is 1.60. The molecule has 0 aromatic heterocycles. The highest BCUT2D eigenvalue weighted by Gasteiger charge is 2.62. The van der Waals surface area contributed by atoms with E-state index in [1.54, 1.807) is 6.92 Å². The van der Waals surface area contributed by atoms with Crippen LogP contribution < -0.4 is 0 Å². The van der Waals surface area contributed by atoms with Gasteiger partial charge >= 0.3 is 5.97 Å². The summed E-state index contributed by atoms with van der Waals surface area (Å²) >= 11 is 0. The molecule has 2 fully saturated rings. The molecule has 1 N–H and O–H groups in total. The van der Waals surface area contributed by atoms with E-state index < -0.39 is 5.79 Å². The average Bonchev–Trinajstić information content (AvgIpc) is 2.63. The molecule has 0 spiro atoms. The number of esters is 1. The predicted molar refractivity (Wildman–Crippen MR) is 44.4 cm³/mol. The van der Waals surface area contributed by atoms with E-state index in [4.69, 9.17) is 4.74 Å². The molecule has 3 rings (SSSR count). The van der Waals surface area contributed by atoms with Crippen molar-refractivity contribution in [2.45, 2.75) is 19.1 Å². The lowest BCUT2D eigenvalue weighted by atomic mass is 9.81. The molecule has 3 heteroatoms. The lowest BCUT2D eigenvalue weighted by Gasteiger charge is -2.26. The third-order valence-corrected chi connectivity index (χ3v) is 3.66. The van der Waals surface area contributed by atoms with E-state index in [9.17, 15) is 9.90 Å². The van der Waals surface area contributed by atoms with Gasteiger partial charge in [-0.15, -0.1) is 0 Å². The van der Waals surface area contributed by atoms with E-state index >= 15 is 0 Å². The van der Waals surface area contributed by atoms with E-state index in [2.05, 4.69) is 12.2 Å². The van der Waals surface area contributed by atoms with Gasteiger partial charge in [0.2, 0.25) is 5.79 Å². The Bertz CT molecular complexity index is 305. The highest BCUT2D eigenvalue weighted by atomic mass is 16.7. The van der Waals surface area contributed by atoms with E-state index in [0.29, 0.717) is 11.8 Å². The highest BCUT2D eigenvalue weighted by molar-refractivity contribution is 5.77. The number of ether oxygens (including phenoxy) is 1. The largest absolute Gasteiger partial charge is 0.433 e. The molecule has 3 nitrogen and oxygen atoms in total. The highest BCUT2D eigenvalue weighted by Crippen LogP contribution is 2.56. The van der Waals surface area contributed by atoms with Gasteiger partial charge in [-0.05, 0) is 18.3 Å². The number of rotatable bonds is 0. The van der Waals surface area contributed by atoms with Gasteiger partial charge < -0.3 is 9.84 Å². The summed E-state index contributed by atoms with van der Waals surface area (Å²) in [7, 11) is 0. The zero-order valence-corrected chi connectivity index (χ0v) is 7.43. The minimum atomic E-state index is -1.23. The zero-order valence-electron chi connectivity index (χ0n) is 7.43. The van der Waals surface area contributed by atoms with Crippen molar-refractivity contribution in [1.29, 1.82) is 0 Å². The van der Waals surface area contributed by atoms with Crippen molar-refractivity contribution < 1.29 is 14.6 Å². The van der Waals surface area contributed by atoms with Crippen molar-refractivity contribution in [1.82, 2.24) is 0 Å². The van der Waals surface area contributed by atoms with E-state index in [1.165, 1.54) is 0 Å². The molecule has 1 aliphatic heterocycles. The second kappa shape index (κ2) is 1.98. The van der Waals surface area contributed by atoms with Gasteiger partial charge in [-0.1, -0.05) is 12.2 Å². The molecule has 1 heterocycles. The van der Waals surface area contributed by atoms with Gasteiger partial charge in [-0.2, -0.15) is 0 Å². The van der Waals surface area contributed by atoms with Crippen LogP contribution in [-0.2, 0) is 9.53 Å². The number of carbonyl (C=O) groups is 1. The van der Waals surface area contributed by atoms with Crippen molar-refractivity contribution in [2.24, 2.45) is 23.7 Å². The third kappa shape index (κ3) is 0.759. The van der Waals surface area contributed by atoms with Crippen LogP contribution in [0.2, 0.25) is 0 Å². The minimum absolute atomic E-state index is 0.00463. The van der Waals surface area contributed by atoms with Crippen LogP contribution in [0.25, 0.3) is 0 Å². The van der Waals surface area contributed by atoms with Gasteiger partial charge in [0.15, 0.2) is 0 Å². The summed E-state index contributed by atoms with van der Waals surface area (Å²) in [5.74, 6) is -0.869. The fourth-order valence-electron chi connectivity index (χ4n) is 3.21. The standard InChI is InChI=1S/C10H12O3/c1-10(12)8-6-3-2-5(4-6)7(8)9(11)13-10/h2-3,5-8,12H,4H2,1H3. The second-order valence-corrected chi connectivity index (χ2v) is 4.48. The Morgan fingerprint density at radius 1 is 1.54 bits per heavy atom. The maximum Gasteiger partial charge on any atom is 0.312 e. The number of carbonyl (C=O) groups excluding carboxylic acids is 1. The molecule has 0 amide bonds. The van der Waals surface area contributed by atoms with E-state index in [1.807, 2.05) is 0 Å². The number of aliphatic hydroxyl groups is 1. The number of fused-ring (bicyclic) bond motifs is 5. The van der Waals surface area contributed by atoms with Crippen molar-refractivity contribution in [3.63, 3.8) is 0 Å². The molecule has 3 aliphatic rings. The summed E-state index contributed by atoms with van der Waals surface area (Å²) in [5.41, 5.74) is 0. The van der Waals surface area contributed by atoms with Crippen LogP contribution in [0.5, 0.6) is 0 Å². The molecule has 0 radical (unpaired) electrons. The molecule has 1 saturated carbocycles. The van der Waals surface area contributed by atoms with Crippen LogP contribution >= 0.6 is 0 Å². The Hall–Kier alpha value is -0.830. The first-order valence-corrected chi connectivity index (χ1v) is 4.73. The van der Waals surface area contributed by atoms with Crippen LogP contribution in [0.3, 0.4) is 0 Å². The van der Waals surface area contributed by atoms with Crippen LogP contribution in [0, 0.1) is 23.7 Å². The van der Waals surface area contributed by atoms with Gasteiger partial charge in [-0.25, -0.2) is 0 Å². The maximum atomic E-state index is 11.4. The fourth-order valence-corrected chi connectivity index (χ4v) is 3.21. The lowest BCUT2D eigenvalue weighted by Crippen LogP contribution is -2.35. The summed E-state index contributed by atoms with van der Waals surface area (Å²) in [6.07, 6.45) is 5.22. The van der Waals surface area contributed by atoms with Gasteiger partial charge in [0.25, 0.3) is 0 Å². The molecule has 5 unspecified atom stereocenters. The number of hydrogen-bond acceptors (Lipinski definition) is 3. The number of hydrogen-bond donors (Lipinski definition) is 1. The molecule has 2 aliphatic carbocycles. The first-order chi connectivity index (χ1) is 6.09. The molecule has 13 heavy (non-hydrogen) atoms. The molecule has 1 saturated heterocycles. The van der Waals surface area contributed by atoms with Gasteiger partial charge in [-0.3, -0.25) is 4.79 Å². The molecule has 2 bridgehead atoms. The van der Waals surface area contributed by atoms with Gasteiger partial charge in [0.05, 0.1) is 5.92 Å². The van der Waals surface area contributed by atoms with Crippen LogP contribution in [0.15, 0.2) is 12.2 Å². The Morgan fingerprint density at radius 3 is 2.92 bits per heavy atom. The van der Waals surface area contributed by atoms with Crippen molar-refractivity contribution >= 4 is 5.97 Å². The molecular formula is C10H12O3. The van der Waals surface area contributed by atoms with E-state index in [-0.39, 0.29) is 17.8 Å². The second-order valence-electron chi connectivity index (χ2n) is 4.48. The van der Waals surface area contributed by atoms with E-state index in [0.717, 1.165) is 6.42 Å². The van der Waals surface area contributed by atoms with Crippen molar-refractivity contribution in [3.8, 4) is 0 Å². The molecule has 0 aromatic rings. The normalized spacial score (nSPS) is 56.9. The molecular weight excluding hydrogens is 168 g/mol. The lowest BCUT2D eigenvalue weighted by molar-refractivity contribution is -0.195. The summed E-state index contributed by atoms with van der Waals surface area (Å²) in [4.78, 5) is 11.4. The van der Waals surface area contributed by atoms with Gasteiger partial charge in [0.1, 0.15) is 0 Å². The van der Waals surface area contributed by atoms with Crippen molar-refractivity contribution in [2.75, 3.05) is 0 Å². The Balaban J connectivity index is 2.06. The fraction of sp³-hybridized carbons (Fsp3) is 0.700. The monoisotopic (exact) mass is 180 g/mol. The summed E-state index contributed by atoms with van der Waals surface area (Å²) < 4.78 is 4.97. The first kappa shape index (κ1) is 7.56. The first-order valence-electron chi connectivity index (χ1n) is 4.73. The summed E-state index contributed by atoms with van der Waals surface area (Å²) in [5, 5.41) is 9.88. The SMILES string of the molecule is CC1(O)OC(=O)C2C3C=CC(C3)C21. The minimum Gasteiger partial charge on any atom is -0.433 e. The maximum absolute atomic E-state index is 11.4. The number of allylic oxidation sites excluding steroid dienone is 2. The molecule has 0 aromatic carbocycles.